The van der Waals surface area contributed by atoms with E-state index in [-0.39, 0.29) is 0 Å². The molecule has 3 heterocycles. The minimum Gasteiger partial charge on any atom is -0.444 e. The Bertz CT molecular complexity index is 792. The Morgan fingerprint density at radius 3 is 2.91 bits per heavy atom. The third-order valence-corrected chi connectivity index (χ3v) is 4.41. The van der Waals surface area contributed by atoms with E-state index in [0.29, 0.717) is 17.7 Å². The van der Waals surface area contributed by atoms with E-state index >= 15 is 0 Å². The number of furan rings is 1. The molecule has 0 N–H and O–H groups in total. The molecule has 22 heavy (non-hydrogen) atoms. The van der Waals surface area contributed by atoms with Crippen molar-refractivity contribution in [3.05, 3.63) is 40.9 Å². The van der Waals surface area contributed by atoms with Crippen LogP contribution in [-0.2, 0) is 11.3 Å². The van der Waals surface area contributed by atoms with Gasteiger partial charge in [0.1, 0.15) is 5.58 Å². The number of benzene rings is 1. The van der Waals surface area contributed by atoms with Gasteiger partial charge in [0.2, 0.25) is 0 Å². The van der Waals surface area contributed by atoms with E-state index in [4.69, 9.17) is 20.8 Å². The van der Waals surface area contributed by atoms with Gasteiger partial charge in [-0.05, 0) is 40.9 Å². The molecule has 0 atom stereocenters. The summed E-state index contributed by atoms with van der Waals surface area (Å²) < 4.78 is 12.8. The predicted octanol–water partition coefficient (Wildman–Crippen LogP) is 3.02. The second-order valence-electron chi connectivity index (χ2n) is 5.43. The summed E-state index contributed by atoms with van der Waals surface area (Å²) >= 11 is 6.25. The van der Waals surface area contributed by atoms with Crippen molar-refractivity contribution >= 4 is 22.6 Å². The van der Waals surface area contributed by atoms with Gasteiger partial charge < -0.3 is 9.15 Å². The minimum absolute atomic E-state index is 0.334. The van der Waals surface area contributed by atoms with Crippen LogP contribution in [0.1, 0.15) is 30.1 Å². The number of rotatable bonds is 3. The average Bonchev–Trinajstić information content (AvgIpc) is 3.14. The molecule has 4 rings (SSSR count). The molecule has 114 valence electrons. The van der Waals surface area contributed by atoms with Crippen LogP contribution in [-0.4, -0.2) is 33.4 Å². The van der Waals surface area contributed by atoms with Crippen LogP contribution in [0.4, 0.5) is 0 Å². The summed E-state index contributed by atoms with van der Waals surface area (Å²) in [6.45, 7) is 2.02. The second kappa shape index (κ2) is 5.70. The second-order valence-corrected chi connectivity index (χ2v) is 5.78. The molecule has 0 amide bonds. The summed E-state index contributed by atoms with van der Waals surface area (Å²) in [5.74, 6) is 1.23. The number of halogens is 1. The number of tetrazole rings is 1. The highest BCUT2D eigenvalue weighted by Crippen LogP contribution is 2.31. The van der Waals surface area contributed by atoms with E-state index in [9.17, 15) is 0 Å². The molecule has 6 nitrogen and oxygen atoms in total. The van der Waals surface area contributed by atoms with Gasteiger partial charge >= 0.3 is 0 Å². The normalized spacial score (nSPS) is 16.4. The van der Waals surface area contributed by atoms with Crippen LogP contribution in [0.3, 0.4) is 0 Å². The molecule has 0 bridgehead atoms. The van der Waals surface area contributed by atoms with Crippen molar-refractivity contribution in [2.24, 2.45) is 0 Å². The van der Waals surface area contributed by atoms with E-state index in [1.54, 1.807) is 0 Å². The highest BCUT2D eigenvalue weighted by Gasteiger charge is 2.23. The van der Waals surface area contributed by atoms with Gasteiger partial charge in [-0.15, -0.1) is 5.10 Å². The standard InChI is InChI=1S/C15H15ClN4O2/c16-14-12(11-3-1-2-4-13(11)22-14)9-20-15(17-18-19-20)10-5-7-21-8-6-10/h1-4,10H,5-9H2. The number of hydrogen-bond donors (Lipinski definition) is 0. The van der Waals surface area contributed by atoms with Crippen molar-refractivity contribution < 1.29 is 9.15 Å². The van der Waals surface area contributed by atoms with Crippen LogP contribution in [0.15, 0.2) is 28.7 Å². The molecule has 1 fully saturated rings. The topological polar surface area (TPSA) is 66.0 Å². The predicted molar refractivity (Wildman–Crippen MR) is 80.9 cm³/mol. The maximum absolute atomic E-state index is 6.25. The molecule has 0 radical (unpaired) electrons. The molecular weight excluding hydrogens is 304 g/mol. The summed E-state index contributed by atoms with van der Waals surface area (Å²) in [5, 5.41) is 13.6. The van der Waals surface area contributed by atoms with E-state index in [1.807, 2.05) is 28.9 Å². The highest BCUT2D eigenvalue weighted by molar-refractivity contribution is 6.30. The van der Waals surface area contributed by atoms with Crippen LogP contribution >= 0.6 is 11.6 Å². The van der Waals surface area contributed by atoms with E-state index in [2.05, 4.69) is 15.5 Å². The monoisotopic (exact) mass is 318 g/mol. The van der Waals surface area contributed by atoms with Gasteiger partial charge in [0.05, 0.1) is 6.54 Å². The maximum Gasteiger partial charge on any atom is 0.199 e. The first-order chi connectivity index (χ1) is 10.8. The molecule has 1 aliphatic heterocycles. The number of fused-ring (bicyclic) bond motifs is 1. The lowest BCUT2D eigenvalue weighted by atomic mass is 9.99. The lowest BCUT2D eigenvalue weighted by molar-refractivity contribution is 0.0826. The van der Waals surface area contributed by atoms with Crippen LogP contribution in [0.5, 0.6) is 0 Å². The Hall–Kier alpha value is -1.92. The maximum atomic E-state index is 6.25. The lowest BCUT2D eigenvalue weighted by Crippen LogP contribution is -2.19. The number of nitrogens with zero attached hydrogens (tertiary/aromatic N) is 4. The molecule has 0 unspecified atom stereocenters. The molecular formula is C15H15ClN4O2. The van der Waals surface area contributed by atoms with E-state index in [0.717, 1.165) is 48.4 Å². The van der Waals surface area contributed by atoms with Crippen molar-refractivity contribution in [2.75, 3.05) is 13.2 Å². The van der Waals surface area contributed by atoms with Crippen LogP contribution < -0.4 is 0 Å². The van der Waals surface area contributed by atoms with Crippen molar-refractivity contribution in [3.63, 3.8) is 0 Å². The first-order valence-corrected chi connectivity index (χ1v) is 7.70. The molecule has 0 saturated carbocycles. The van der Waals surface area contributed by atoms with Gasteiger partial charge in [-0.2, -0.15) is 0 Å². The molecule has 3 aromatic rings. The quantitative estimate of drug-likeness (QED) is 0.742. The van der Waals surface area contributed by atoms with Crippen LogP contribution in [0, 0.1) is 0 Å². The van der Waals surface area contributed by atoms with Crippen molar-refractivity contribution in [3.8, 4) is 0 Å². The Balaban J connectivity index is 1.68. The largest absolute Gasteiger partial charge is 0.444 e. The van der Waals surface area contributed by atoms with Crippen molar-refractivity contribution in [2.45, 2.75) is 25.3 Å². The Labute approximate surface area is 132 Å². The fraction of sp³-hybridized carbons (Fsp3) is 0.400. The van der Waals surface area contributed by atoms with Gasteiger partial charge in [0, 0.05) is 30.1 Å². The summed E-state index contributed by atoms with van der Waals surface area (Å²) in [7, 11) is 0. The number of ether oxygens (including phenoxy) is 1. The van der Waals surface area contributed by atoms with Gasteiger partial charge in [0.25, 0.3) is 0 Å². The summed E-state index contributed by atoms with van der Waals surface area (Å²) in [4.78, 5) is 0. The lowest BCUT2D eigenvalue weighted by Gasteiger charge is -2.20. The fourth-order valence-electron chi connectivity index (χ4n) is 2.94. The molecule has 1 aliphatic rings. The van der Waals surface area contributed by atoms with Gasteiger partial charge in [-0.1, -0.05) is 18.2 Å². The fourth-order valence-corrected chi connectivity index (χ4v) is 3.18. The zero-order valence-corrected chi connectivity index (χ0v) is 12.7. The summed E-state index contributed by atoms with van der Waals surface area (Å²) in [6.07, 6.45) is 1.89. The van der Waals surface area contributed by atoms with Gasteiger partial charge in [0.15, 0.2) is 11.0 Å². The van der Waals surface area contributed by atoms with E-state index < -0.39 is 0 Å². The number of para-hydroxylation sites is 1. The van der Waals surface area contributed by atoms with Gasteiger partial charge in [-0.25, -0.2) is 4.68 Å². The zero-order chi connectivity index (χ0) is 14.9. The average molecular weight is 319 g/mol. The van der Waals surface area contributed by atoms with Crippen molar-refractivity contribution in [1.82, 2.24) is 20.2 Å². The SMILES string of the molecule is Clc1oc2ccccc2c1Cn1nnnc1C1CCOCC1. The zero-order valence-electron chi connectivity index (χ0n) is 11.9. The molecule has 1 aromatic carbocycles. The Morgan fingerprint density at radius 1 is 1.23 bits per heavy atom. The summed E-state index contributed by atoms with van der Waals surface area (Å²) in [6, 6.07) is 7.80. The molecule has 0 aliphatic carbocycles. The molecule has 7 heteroatoms. The third kappa shape index (κ3) is 2.38. The Kier molecular flexibility index (Phi) is 3.56. The first kappa shape index (κ1) is 13.7. The molecule has 1 saturated heterocycles. The smallest absolute Gasteiger partial charge is 0.199 e. The van der Waals surface area contributed by atoms with Crippen LogP contribution in [0.25, 0.3) is 11.0 Å². The van der Waals surface area contributed by atoms with Gasteiger partial charge in [-0.3, -0.25) is 0 Å². The van der Waals surface area contributed by atoms with Crippen LogP contribution in [0.2, 0.25) is 5.22 Å². The Morgan fingerprint density at radius 2 is 2.05 bits per heavy atom. The molecule has 2 aromatic heterocycles. The molecule has 0 spiro atoms. The van der Waals surface area contributed by atoms with Crippen molar-refractivity contribution in [1.29, 1.82) is 0 Å². The van der Waals surface area contributed by atoms with E-state index in [1.165, 1.54) is 0 Å². The third-order valence-electron chi connectivity index (χ3n) is 4.10. The first-order valence-electron chi connectivity index (χ1n) is 7.32. The number of aromatic nitrogens is 4. The highest BCUT2D eigenvalue weighted by atomic mass is 35.5. The number of hydrogen-bond acceptors (Lipinski definition) is 5. The summed E-state index contributed by atoms with van der Waals surface area (Å²) in [5.41, 5.74) is 1.70. The minimum atomic E-state index is 0.334.